The topological polar surface area (TPSA) is 66.8 Å². The summed E-state index contributed by atoms with van der Waals surface area (Å²) in [7, 11) is 0. The molecule has 150 valence electrons. The van der Waals surface area contributed by atoms with Gasteiger partial charge in [0.15, 0.2) is 6.61 Å². The van der Waals surface area contributed by atoms with E-state index in [0.29, 0.717) is 17.2 Å². The Labute approximate surface area is 175 Å². The third kappa shape index (κ3) is 5.09. The lowest BCUT2D eigenvalue weighted by Crippen LogP contribution is -2.09. The summed E-state index contributed by atoms with van der Waals surface area (Å²) < 4.78 is 5.23. The van der Waals surface area contributed by atoms with Gasteiger partial charge in [0.1, 0.15) is 11.5 Å². The summed E-state index contributed by atoms with van der Waals surface area (Å²) in [5.41, 5.74) is 5.85. The monoisotopic (exact) mass is 410 g/mol. The van der Waals surface area contributed by atoms with E-state index < -0.39 is 12.6 Å². The van der Waals surface area contributed by atoms with E-state index in [1.54, 1.807) is 18.2 Å². The molecule has 0 amide bonds. The number of aromatic hydroxyl groups is 1. The van der Waals surface area contributed by atoms with Crippen LogP contribution in [0.4, 0.5) is 0 Å². The van der Waals surface area contributed by atoms with Crippen molar-refractivity contribution in [2.24, 2.45) is 0 Å². The van der Waals surface area contributed by atoms with Crippen molar-refractivity contribution in [1.29, 1.82) is 0 Å². The standard InChI is InChI=1S/C24H23ClO4/c1-3-16-5-4-6-18(10-16)21-12-17(7-8-23(21)26)11-20-15(2)9-19(13-22(20)25)29-14-24(27)28/h4-10,12-13,26H,3,11,14H2,1-2H3,(H,27,28). The van der Waals surface area contributed by atoms with Gasteiger partial charge >= 0.3 is 5.97 Å². The smallest absolute Gasteiger partial charge is 0.341 e. The van der Waals surface area contributed by atoms with Gasteiger partial charge in [0, 0.05) is 10.6 Å². The number of rotatable bonds is 7. The Bertz CT molecular complexity index is 1020. The van der Waals surface area contributed by atoms with Crippen LogP contribution >= 0.6 is 11.6 Å². The van der Waals surface area contributed by atoms with E-state index in [-0.39, 0.29) is 5.75 Å². The van der Waals surface area contributed by atoms with E-state index in [4.69, 9.17) is 21.4 Å². The van der Waals surface area contributed by atoms with Crippen molar-refractivity contribution < 1.29 is 19.7 Å². The van der Waals surface area contributed by atoms with E-state index in [1.807, 2.05) is 31.2 Å². The number of ether oxygens (including phenoxy) is 1. The van der Waals surface area contributed by atoms with Gasteiger partial charge in [-0.1, -0.05) is 48.9 Å². The molecule has 29 heavy (non-hydrogen) atoms. The van der Waals surface area contributed by atoms with Crippen molar-refractivity contribution in [1.82, 2.24) is 0 Å². The second-order valence-electron chi connectivity index (χ2n) is 6.97. The summed E-state index contributed by atoms with van der Waals surface area (Å²) in [4.78, 5) is 10.7. The first-order chi connectivity index (χ1) is 13.9. The first-order valence-corrected chi connectivity index (χ1v) is 9.80. The van der Waals surface area contributed by atoms with Crippen LogP contribution in [0.3, 0.4) is 0 Å². The third-order valence-electron chi connectivity index (χ3n) is 4.84. The number of aliphatic carboxylic acids is 1. The predicted octanol–water partition coefficient (Wildman–Crippen LogP) is 5.64. The molecule has 4 nitrogen and oxygen atoms in total. The number of carboxylic acid groups (broad SMARTS) is 1. The number of phenolic OH excluding ortho intramolecular Hbond substituents is 1. The van der Waals surface area contributed by atoms with Gasteiger partial charge in [0.05, 0.1) is 0 Å². The molecule has 0 atom stereocenters. The number of phenols is 1. The molecule has 0 aliphatic rings. The molecule has 3 aromatic rings. The Balaban J connectivity index is 1.90. The lowest BCUT2D eigenvalue weighted by Gasteiger charge is -2.13. The zero-order valence-corrected chi connectivity index (χ0v) is 17.2. The van der Waals surface area contributed by atoms with Crippen LogP contribution in [0.25, 0.3) is 11.1 Å². The average Bonchev–Trinajstić information content (AvgIpc) is 2.70. The maximum Gasteiger partial charge on any atom is 0.341 e. The number of benzene rings is 3. The van der Waals surface area contributed by atoms with Crippen LogP contribution in [0.2, 0.25) is 5.02 Å². The number of carbonyl (C=O) groups is 1. The highest BCUT2D eigenvalue weighted by Gasteiger charge is 2.12. The maximum atomic E-state index is 10.7. The van der Waals surface area contributed by atoms with E-state index in [0.717, 1.165) is 34.2 Å². The Kier molecular flexibility index (Phi) is 6.45. The zero-order chi connectivity index (χ0) is 21.0. The van der Waals surface area contributed by atoms with E-state index in [2.05, 4.69) is 19.1 Å². The Morgan fingerprint density at radius 1 is 1.07 bits per heavy atom. The second kappa shape index (κ2) is 9.01. The number of carboxylic acids is 1. The highest BCUT2D eigenvalue weighted by atomic mass is 35.5. The van der Waals surface area contributed by atoms with Crippen molar-refractivity contribution in [2.75, 3.05) is 6.61 Å². The maximum absolute atomic E-state index is 10.7. The zero-order valence-electron chi connectivity index (χ0n) is 16.4. The van der Waals surface area contributed by atoms with E-state index in [9.17, 15) is 9.90 Å². The fraction of sp³-hybridized carbons (Fsp3) is 0.208. The molecular formula is C24H23ClO4. The third-order valence-corrected chi connectivity index (χ3v) is 5.18. The average molecular weight is 411 g/mol. The molecule has 3 aromatic carbocycles. The summed E-state index contributed by atoms with van der Waals surface area (Å²) in [5.74, 6) is -0.365. The lowest BCUT2D eigenvalue weighted by molar-refractivity contribution is -0.139. The van der Waals surface area contributed by atoms with Crippen LogP contribution in [-0.2, 0) is 17.6 Å². The Morgan fingerprint density at radius 2 is 1.86 bits per heavy atom. The normalized spacial score (nSPS) is 10.7. The molecule has 5 heteroatoms. The number of hydrogen-bond acceptors (Lipinski definition) is 3. The molecule has 0 unspecified atom stereocenters. The van der Waals surface area contributed by atoms with Crippen molar-refractivity contribution >= 4 is 17.6 Å². The highest BCUT2D eigenvalue weighted by Crippen LogP contribution is 2.33. The molecule has 0 aromatic heterocycles. The van der Waals surface area contributed by atoms with Crippen molar-refractivity contribution in [3.05, 3.63) is 81.9 Å². The van der Waals surface area contributed by atoms with E-state index >= 15 is 0 Å². The van der Waals surface area contributed by atoms with Crippen LogP contribution in [0.15, 0.2) is 54.6 Å². The first-order valence-electron chi connectivity index (χ1n) is 9.42. The first kappa shape index (κ1) is 20.7. The molecule has 0 heterocycles. The largest absolute Gasteiger partial charge is 0.507 e. The molecule has 2 N–H and O–H groups in total. The molecule has 0 radical (unpaired) electrons. The lowest BCUT2D eigenvalue weighted by atomic mass is 9.95. The summed E-state index contributed by atoms with van der Waals surface area (Å²) in [6, 6.07) is 17.1. The molecular weight excluding hydrogens is 388 g/mol. The SMILES string of the molecule is CCc1cccc(-c2cc(Cc3c(C)cc(OCC(=O)O)cc3Cl)ccc2O)c1. The quantitative estimate of drug-likeness (QED) is 0.529. The van der Waals surface area contributed by atoms with Crippen LogP contribution in [0.1, 0.15) is 29.2 Å². The van der Waals surface area contributed by atoms with Gasteiger partial charge in [0.2, 0.25) is 0 Å². The van der Waals surface area contributed by atoms with Crippen molar-refractivity contribution in [3.63, 3.8) is 0 Å². The second-order valence-corrected chi connectivity index (χ2v) is 7.37. The predicted molar refractivity (Wildman–Crippen MR) is 115 cm³/mol. The van der Waals surface area contributed by atoms with Crippen molar-refractivity contribution in [3.8, 4) is 22.6 Å². The highest BCUT2D eigenvalue weighted by molar-refractivity contribution is 6.31. The fourth-order valence-electron chi connectivity index (χ4n) is 3.28. The van der Waals surface area contributed by atoms with Gasteiger partial charge in [-0.25, -0.2) is 4.79 Å². The van der Waals surface area contributed by atoms with Crippen LogP contribution in [0.5, 0.6) is 11.5 Å². The van der Waals surface area contributed by atoms with Crippen LogP contribution in [0, 0.1) is 6.92 Å². The molecule has 0 fully saturated rings. The van der Waals surface area contributed by atoms with Gasteiger partial charge in [-0.05, 0) is 71.8 Å². The molecule has 0 aliphatic carbocycles. The van der Waals surface area contributed by atoms with Gasteiger partial charge in [0.25, 0.3) is 0 Å². The minimum Gasteiger partial charge on any atom is -0.507 e. The van der Waals surface area contributed by atoms with Gasteiger partial charge in [-0.15, -0.1) is 0 Å². The van der Waals surface area contributed by atoms with Gasteiger partial charge < -0.3 is 14.9 Å². The molecule has 3 rings (SSSR count). The van der Waals surface area contributed by atoms with Crippen LogP contribution < -0.4 is 4.74 Å². The van der Waals surface area contributed by atoms with Crippen molar-refractivity contribution in [2.45, 2.75) is 26.7 Å². The number of aryl methyl sites for hydroxylation is 2. The number of hydrogen-bond donors (Lipinski definition) is 2. The summed E-state index contributed by atoms with van der Waals surface area (Å²) in [5, 5.41) is 19.7. The minimum atomic E-state index is -1.04. The minimum absolute atomic E-state index is 0.238. The molecule has 0 saturated heterocycles. The van der Waals surface area contributed by atoms with Crippen LogP contribution in [-0.4, -0.2) is 22.8 Å². The summed E-state index contributed by atoms with van der Waals surface area (Å²) in [6.07, 6.45) is 1.52. The fourth-order valence-corrected chi connectivity index (χ4v) is 3.61. The number of halogens is 1. The summed E-state index contributed by atoms with van der Waals surface area (Å²) in [6.45, 7) is 3.61. The Hall–Kier alpha value is -2.98. The molecule has 0 bridgehead atoms. The summed E-state index contributed by atoms with van der Waals surface area (Å²) >= 11 is 6.45. The van der Waals surface area contributed by atoms with E-state index in [1.165, 1.54) is 5.56 Å². The Morgan fingerprint density at radius 3 is 2.55 bits per heavy atom. The molecule has 0 saturated carbocycles. The molecule has 0 aliphatic heterocycles. The van der Waals surface area contributed by atoms with Gasteiger partial charge in [-0.2, -0.15) is 0 Å². The molecule has 0 spiro atoms. The van der Waals surface area contributed by atoms with Gasteiger partial charge in [-0.3, -0.25) is 0 Å².